The Balaban J connectivity index is 2.41. The number of ether oxygens (including phenoxy) is 1. The van der Waals surface area contributed by atoms with Crippen LogP contribution in [0.15, 0.2) is 15.9 Å². The molecule has 1 fully saturated rings. The van der Waals surface area contributed by atoms with Gasteiger partial charge in [0.05, 0.1) is 25.8 Å². The summed E-state index contributed by atoms with van der Waals surface area (Å²) in [6.45, 7) is -5.23. The summed E-state index contributed by atoms with van der Waals surface area (Å²) in [4.78, 5) is 0.716. The van der Waals surface area contributed by atoms with Gasteiger partial charge in [0.2, 0.25) is 0 Å². The molecule has 2 heterocycles. The molecule has 2 nitrogen and oxygen atoms in total. The van der Waals surface area contributed by atoms with E-state index < -0.39 is 26.1 Å². The molecule has 1 aromatic heterocycles. The Bertz CT molecular complexity index is 513. The van der Waals surface area contributed by atoms with Crippen molar-refractivity contribution in [3.63, 3.8) is 0 Å². The molecular weight excluding hydrogens is 238 g/mol. The summed E-state index contributed by atoms with van der Waals surface area (Å²) in [7, 11) is -3.06. The van der Waals surface area contributed by atoms with Gasteiger partial charge < -0.3 is 9.64 Å². The van der Waals surface area contributed by atoms with Crippen molar-refractivity contribution in [1.82, 2.24) is 0 Å². The fraction of sp³-hybridized carbons (Fsp3) is 0.500. The molecule has 1 aromatic rings. The van der Waals surface area contributed by atoms with Crippen molar-refractivity contribution >= 4 is 32.3 Å². The maximum Gasteiger partial charge on any atom is 0.0922 e. The second-order valence-electron chi connectivity index (χ2n) is 2.07. The topological polar surface area (TPSA) is 12.5 Å². The lowest BCUT2D eigenvalue weighted by Gasteiger charge is -2.38. The largest absolute Gasteiger partial charge is 0.378 e. The van der Waals surface area contributed by atoms with Crippen LogP contribution in [0.4, 0.5) is 5.00 Å². The molecule has 1 aliphatic heterocycles. The van der Waals surface area contributed by atoms with Gasteiger partial charge in [-0.25, -0.2) is 0 Å². The molecule has 0 bridgehead atoms. The Morgan fingerprint density at radius 3 is 3.33 bits per heavy atom. The zero-order valence-electron chi connectivity index (χ0n) is 13.8. The Hall–Kier alpha value is -0.0600. The highest BCUT2D eigenvalue weighted by Gasteiger charge is 2.27. The molecule has 0 aliphatic carbocycles. The molecule has 0 unspecified atom stereocenters. The van der Waals surface area contributed by atoms with E-state index in [0.717, 1.165) is 11.3 Å². The van der Waals surface area contributed by atoms with E-state index >= 15 is 0 Å². The molecule has 2 rings (SSSR count). The average Bonchev–Trinajstić information content (AvgIpc) is 2.60. The number of anilines is 1. The van der Waals surface area contributed by atoms with Gasteiger partial charge in [0.25, 0.3) is 0 Å². The Kier molecular flexibility index (Phi) is 0.912. The Morgan fingerprint density at radius 2 is 2.75 bits per heavy atom. The molecule has 66 valence electrons. The Labute approximate surface area is 95.5 Å². The van der Waals surface area contributed by atoms with Gasteiger partial charge >= 0.3 is 0 Å². The SMILES string of the molecule is [2H]C([2H])([2H])OC1([2H])C([2H])([2H])N(c2ccc(Br)s2)C1([2H])[2H]. The van der Waals surface area contributed by atoms with Gasteiger partial charge in [-0.2, -0.15) is 0 Å². The van der Waals surface area contributed by atoms with Crippen LogP contribution in [-0.2, 0) is 4.74 Å². The van der Waals surface area contributed by atoms with Crippen LogP contribution in [0, 0.1) is 0 Å². The predicted octanol–water partition coefficient (Wildman–Crippen LogP) is 2.35. The van der Waals surface area contributed by atoms with E-state index in [1.807, 2.05) is 0 Å². The van der Waals surface area contributed by atoms with Crippen LogP contribution in [0.25, 0.3) is 0 Å². The lowest BCUT2D eigenvalue weighted by molar-refractivity contribution is 0.0791. The summed E-state index contributed by atoms with van der Waals surface area (Å²) in [5.74, 6) is 0. The van der Waals surface area contributed by atoms with Crippen LogP contribution >= 0.6 is 27.3 Å². The summed E-state index contributed by atoms with van der Waals surface area (Å²) < 4.78 is 65.2. The quantitative estimate of drug-likeness (QED) is 0.805. The zero-order chi connectivity index (χ0) is 15.6. The molecule has 4 heteroatoms. The van der Waals surface area contributed by atoms with E-state index in [9.17, 15) is 0 Å². The molecule has 12 heavy (non-hydrogen) atoms. The summed E-state index contributed by atoms with van der Waals surface area (Å²) in [6.07, 6.45) is -2.85. The standard InChI is InChI=1S/C8H10BrNOS/c1-11-6-4-10(5-6)8-3-2-7(9)12-8/h2-3,6H,4-5H2,1H3/i1D3,4D2,5D2,6D. The second-order valence-corrected chi connectivity index (χ2v) is 4.51. The first-order valence-corrected chi connectivity index (χ1v) is 4.70. The average molecular weight is 256 g/mol. The molecule has 0 atom stereocenters. The maximum absolute atomic E-state index is 7.84. The highest BCUT2D eigenvalue weighted by Crippen LogP contribution is 2.32. The molecule has 0 amide bonds. The fourth-order valence-corrected chi connectivity index (χ4v) is 2.07. The van der Waals surface area contributed by atoms with E-state index in [4.69, 9.17) is 11.0 Å². The third-order valence-corrected chi connectivity index (χ3v) is 2.92. The number of hydrogen-bond donors (Lipinski definition) is 0. The van der Waals surface area contributed by atoms with E-state index in [1.165, 1.54) is 6.07 Å². The van der Waals surface area contributed by atoms with Gasteiger partial charge in [-0.05, 0) is 28.1 Å². The van der Waals surface area contributed by atoms with E-state index in [1.54, 1.807) is 6.07 Å². The molecule has 0 N–H and O–H groups in total. The number of thiophene rings is 1. The third kappa shape index (κ3) is 1.51. The molecule has 0 spiro atoms. The van der Waals surface area contributed by atoms with Crippen LogP contribution in [0.5, 0.6) is 0 Å². The highest BCUT2D eigenvalue weighted by atomic mass is 79.9. The van der Waals surface area contributed by atoms with Crippen molar-refractivity contribution < 1.29 is 15.7 Å². The van der Waals surface area contributed by atoms with E-state index in [0.29, 0.717) is 8.69 Å². The monoisotopic (exact) mass is 255 g/mol. The minimum atomic E-state index is -3.06. The lowest BCUT2D eigenvalue weighted by atomic mass is 10.2. The first kappa shape index (κ1) is 3.26. The van der Waals surface area contributed by atoms with E-state index in [2.05, 4.69) is 20.7 Å². The molecule has 0 aromatic carbocycles. The number of halogens is 1. The van der Waals surface area contributed by atoms with Crippen molar-refractivity contribution in [1.29, 1.82) is 0 Å². The first-order valence-electron chi connectivity index (χ1n) is 7.09. The summed E-state index contributed by atoms with van der Waals surface area (Å²) in [6, 6.07) is 3.10. The summed E-state index contributed by atoms with van der Waals surface area (Å²) >= 11 is 4.26. The van der Waals surface area contributed by atoms with Gasteiger partial charge in [0, 0.05) is 20.0 Å². The van der Waals surface area contributed by atoms with Crippen LogP contribution in [0.2, 0.25) is 0 Å². The normalized spacial score (nSPS) is 39.9. The molecule has 1 saturated heterocycles. The van der Waals surface area contributed by atoms with Gasteiger partial charge in [-0.1, -0.05) is 0 Å². The molecule has 0 saturated carbocycles. The third-order valence-electron chi connectivity index (χ3n) is 1.31. The zero-order valence-corrected chi connectivity index (χ0v) is 8.20. The smallest absolute Gasteiger partial charge is 0.0922 e. The molecule has 0 radical (unpaired) electrons. The van der Waals surface area contributed by atoms with Crippen molar-refractivity contribution in [2.24, 2.45) is 0 Å². The van der Waals surface area contributed by atoms with Gasteiger partial charge in [0.1, 0.15) is 0 Å². The predicted molar refractivity (Wildman–Crippen MR) is 55.0 cm³/mol. The fourth-order valence-electron chi connectivity index (χ4n) is 0.784. The van der Waals surface area contributed by atoms with Crippen LogP contribution in [0.3, 0.4) is 0 Å². The van der Waals surface area contributed by atoms with Gasteiger partial charge in [0.15, 0.2) is 0 Å². The summed E-state index contributed by atoms with van der Waals surface area (Å²) in [5.41, 5.74) is 0. The van der Waals surface area contributed by atoms with Crippen molar-refractivity contribution in [2.45, 2.75) is 6.08 Å². The number of nitrogens with zero attached hydrogens (tertiary/aromatic N) is 1. The highest BCUT2D eigenvalue weighted by molar-refractivity contribution is 9.11. The lowest BCUT2D eigenvalue weighted by Crippen LogP contribution is -2.51. The minimum Gasteiger partial charge on any atom is -0.378 e. The number of rotatable bonds is 2. The molecule has 1 aliphatic rings. The van der Waals surface area contributed by atoms with Gasteiger partial charge in [-0.15, -0.1) is 11.3 Å². The van der Waals surface area contributed by atoms with E-state index in [-0.39, 0.29) is 5.00 Å². The van der Waals surface area contributed by atoms with Gasteiger partial charge in [-0.3, -0.25) is 0 Å². The maximum atomic E-state index is 7.84. The van der Waals surface area contributed by atoms with Crippen molar-refractivity contribution in [3.05, 3.63) is 15.9 Å². The van der Waals surface area contributed by atoms with Crippen molar-refractivity contribution in [2.75, 3.05) is 24.9 Å². The minimum absolute atomic E-state index is 0.240. The number of hydrogen-bond acceptors (Lipinski definition) is 3. The van der Waals surface area contributed by atoms with Crippen LogP contribution < -0.4 is 4.90 Å². The summed E-state index contributed by atoms with van der Waals surface area (Å²) in [5, 5.41) is 0.240. The first-order chi connectivity index (χ1) is 8.83. The molecular formula is C8H10BrNOS. The van der Waals surface area contributed by atoms with Crippen LogP contribution in [-0.4, -0.2) is 26.1 Å². The van der Waals surface area contributed by atoms with Crippen molar-refractivity contribution in [3.8, 4) is 0 Å². The Morgan fingerprint density at radius 1 is 1.92 bits per heavy atom. The number of methoxy groups -OCH3 is 1. The van der Waals surface area contributed by atoms with Crippen LogP contribution in [0.1, 0.15) is 11.0 Å². The second kappa shape index (κ2) is 3.36.